The third-order valence-corrected chi connectivity index (χ3v) is 3.99. The molecule has 2 aromatic carbocycles. The number of ether oxygens (including phenoxy) is 1. The zero-order valence-electron chi connectivity index (χ0n) is 14.0. The predicted molar refractivity (Wildman–Crippen MR) is 95.9 cm³/mol. The first-order valence-electron chi connectivity index (χ1n) is 8.25. The highest BCUT2D eigenvalue weighted by molar-refractivity contribution is 5.98. The Morgan fingerprint density at radius 3 is 2.76 bits per heavy atom. The van der Waals surface area contributed by atoms with Gasteiger partial charge in [0, 0.05) is 30.8 Å². The molecule has 2 aromatic rings. The van der Waals surface area contributed by atoms with Gasteiger partial charge in [0.25, 0.3) is 11.8 Å². The molecule has 0 spiro atoms. The maximum atomic E-state index is 12.4. The molecule has 1 aliphatic rings. The number of nitrogens with one attached hydrogen (secondary N) is 3. The predicted octanol–water partition coefficient (Wildman–Crippen LogP) is 1.58. The number of hydrogen-bond donors (Lipinski definition) is 3. The molecule has 1 atom stereocenters. The van der Waals surface area contributed by atoms with E-state index in [1.54, 1.807) is 24.3 Å². The van der Waals surface area contributed by atoms with Gasteiger partial charge in [0.1, 0.15) is 5.75 Å². The SMILES string of the molecule is CNCCNC(=O)c1cccc(NC(=O)C2Cc3ccccc3O2)c1. The van der Waals surface area contributed by atoms with Crippen molar-refractivity contribution < 1.29 is 14.3 Å². The largest absolute Gasteiger partial charge is 0.480 e. The van der Waals surface area contributed by atoms with Crippen LogP contribution in [0.4, 0.5) is 5.69 Å². The zero-order chi connectivity index (χ0) is 17.6. The first kappa shape index (κ1) is 17.0. The second kappa shape index (κ2) is 7.81. The van der Waals surface area contributed by atoms with E-state index >= 15 is 0 Å². The van der Waals surface area contributed by atoms with E-state index in [-0.39, 0.29) is 11.8 Å². The summed E-state index contributed by atoms with van der Waals surface area (Å²) < 4.78 is 5.69. The molecule has 130 valence electrons. The van der Waals surface area contributed by atoms with Crippen LogP contribution in [0.5, 0.6) is 5.75 Å². The fourth-order valence-corrected chi connectivity index (χ4v) is 2.69. The minimum Gasteiger partial charge on any atom is -0.480 e. The summed E-state index contributed by atoms with van der Waals surface area (Å²) in [4.78, 5) is 24.5. The third-order valence-electron chi connectivity index (χ3n) is 3.99. The van der Waals surface area contributed by atoms with E-state index in [4.69, 9.17) is 4.74 Å². The van der Waals surface area contributed by atoms with Crippen LogP contribution in [0.15, 0.2) is 48.5 Å². The molecule has 0 bridgehead atoms. The molecule has 2 amide bonds. The molecular formula is C19H21N3O3. The van der Waals surface area contributed by atoms with Crippen molar-refractivity contribution in [3.05, 3.63) is 59.7 Å². The van der Waals surface area contributed by atoms with Crippen LogP contribution in [0.2, 0.25) is 0 Å². The molecule has 0 saturated carbocycles. The molecule has 0 aliphatic carbocycles. The Morgan fingerprint density at radius 1 is 1.12 bits per heavy atom. The van der Waals surface area contributed by atoms with Crippen molar-refractivity contribution in [3.63, 3.8) is 0 Å². The van der Waals surface area contributed by atoms with Crippen LogP contribution in [0.1, 0.15) is 15.9 Å². The van der Waals surface area contributed by atoms with Gasteiger partial charge in [-0.15, -0.1) is 0 Å². The van der Waals surface area contributed by atoms with E-state index in [0.29, 0.717) is 30.8 Å². The highest BCUT2D eigenvalue weighted by atomic mass is 16.5. The molecule has 3 N–H and O–H groups in total. The molecule has 1 heterocycles. The fourth-order valence-electron chi connectivity index (χ4n) is 2.69. The molecule has 1 unspecified atom stereocenters. The molecule has 0 aromatic heterocycles. The third kappa shape index (κ3) is 4.16. The topological polar surface area (TPSA) is 79.5 Å². The smallest absolute Gasteiger partial charge is 0.265 e. The number of rotatable bonds is 6. The van der Waals surface area contributed by atoms with Crippen LogP contribution in [-0.2, 0) is 11.2 Å². The molecule has 6 heteroatoms. The zero-order valence-corrected chi connectivity index (χ0v) is 14.0. The Kier molecular flexibility index (Phi) is 5.30. The average molecular weight is 339 g/mol. The number of carbonyl (C=O) groups is 2. The van der Waals surface area contributed by atoms with Crippen LogP contribution < -0.4 is 20.7 Å². The summed E-state index contributed by atoms with van der Waals surface area (Å²) in [5, 5.41) is 8.60. The van der Waals surface area contributed by atoms with Crippen molar-refractivity contribution in [2.24, 2.45) is 0 Å². The van der Waals surface area contributed by atoms with Crippen LogP contribution in [0.3, 0.4) is 0 Å². The van der Waals surface area contributed by atoms with Crippen molar-refractivity contribution in [1.29, 1.82) is 0 Å². The van der Waals surface area contributed by atoms with Crippen molar-refractivity contribution in [1.82, 2.24) is 10.6 Å². The summed E-state index contributed by atoms with van der Waals surface area (Å²) in [5.74, 6) is 0.361. The number of benzene rings is 2. The van der Waals surface area contributed by atoms with E-state index < -0.39 is 6.10 Å². The van der Waals surface area contributed by atoms with E-state index in [1.807, 2.05) is 31.3 Å². The second-order valence-corrected chi connectivity index (χ2v) is 5.85. The number of para-hydroxylation sites is 1. The Hall–Kier alpha value is -2.86. The second-order valence-electron chi connectivity index (χ2n) is 5.85. The Morgan fingerprint density at radius 2 is 1.96 bits per heavy atom. The summed E-state index contributed by atoms with van der Waals surface area (Å²) in [6, 6.07) is 14.5. The van der Waals surface area contributed by atoms with Crippen molar-refractivity contribution in [2.75, 3.05) is 25.5 Å². The van der Waals surface area contributed by atoms with E-state index in [0.717, 1.165) is 11.3 Å². The Labute approximate surface area is 146 Å². The molecule has 25 heavy (non-hydrogen) atoms. The summed E-state index contributed by atoms with van der Waals surface area (Å²) >= 11 is 0. The van der Waals surface area contributed by atoms with Gasteiger partial charge in [-0.05, 0) is 36.9 Å². The Bertz CT molecular complexity index is 751. The minimum atomic E-state index is -0.550. The lowest BCUT2D eigenvalue weighted by Gasteiger charge is -2.12. The van der Waals surface area contributed by atoms with Crippen LogP contribution in [0, 0.1) is 0 Å². The molecule has 3 rings (SSSR count). The van der Waals surface area contributed by atoms with Crippen LogP contribution in [-0.4, -0.2) is 38.1 Å². The maximum Gasteiger partial charge on any atom is 0.265 e. The summed E-state index contributed by atoms with van der Waals surface area (Å²) in [6.07, 6.45) is -0.00263. The first-order valence-corrected chi connectivity index (χ1v) is 8.25. The van der Waals surface area contributed by atoms with Gasteiger partial charge < -0.3 is 20.7 Å². The van der Waals surface area contributed by atoms with E-state index in [9.17, 15) is 9.59 Å². The van der Waals surface area contributed by atoms with E-state index in [1.165, 1.54) is 0 Å². The summed E-state index contributed by atoms with van der Waals surface area (Å²) in [7, 11) is 1.83. The van der Waals surface area contributed by atoms with E-state index in [2.05, 4.69) is 16.0 Å². The van der Waals surface area contributed by atoms with Crippen molar-refractivity contribution in [2.45, 2.75) is 12.5 Å². The standard InChI is InChI=1S/C19H21N3O3/c1-20-9-10-21-18(23)14-6-4-7-15(11-14)22-19(24)17-12-13-5-2-3-8-16(13)25-17/h2-8,11,17,20H,9-10,12H2,1H3,(H,21,23)(H,22,24). The van der Waals surface area contributed by atoms with Gasteiger partial charge in [-0.3, -0.25) is 9.59 Å². The van der Waals surface area contributed by atoms with Gasteiger partial charge in [-0.2, -0.15) is 0 Å². The van der Waals surface area contributed by atoms with Gasteiger partial charge in [0.15, 0.2) is 6.10 Å². The van der Waals surface area contributed by atoms with Gasteiger partial charge in [-0.25, -0.2) is 0 Å². The van der Waals surface area contributed by atoms with Crippen LogP contribution >= 0.6 is 0 Å². The van der Waals surface area contributed by atoms with Crippen molar-refractivity contribution >= 4 is 17.5 Å². The lowest BCUT2D eigenvalue weighted by Crippen LogP contribution is -2.32. The molecule has 0 saturated heterocycles. The molecule has 1 aliphatic heterocycles. The lowest BCUT2D eigenvalue weighted by molar-refractivity contribution is -0.122. The quantitative estimate of drug-likeness (QED) is 0.698. The monoisotopic (exact) mass is 339 g/mol. The lowest BCUT2D eigenvalue weighted by atomic mass is 10.1. The van der Waals surface area contributed by atoms with Gasteiger partial charge in [0.05, 0.1) is 0 Å². The fraction of sp³-hybridized carbons (Fsp3) is 0.263. The molecule has 0 radical (unpaired) electrons. The van der Waals surface area contributed by atoms with Gasteiger partial charge in [0.2, 0.25) is 0 Å². The number of carbonyl (C=O) groups excluding carboxylic acids is 2. The van der Waals surface area contributed by atoms with Crippen LogP contribution in [0.25, 0.3) is 0 Å². The highest BCUT2D eigenvalue weighted by Crippen LogP contribution is 2.28. The number of hydrogen-bond acceptors (Lipinski definition) is 4. The minimum absolute atomic E-state index is 0.170. The van der Waals surface area contributed by atoms with Gasteiger partial charge in [-0.1, -0.05) is 24.3 Å². The summed E-state index contributed by atoms with van der Waals surface area (Å²) in [6.45, 7) is 1.24. The van der Waals surface area contributed by atoms with Gasteiger partial charge >= 0.3 is 0 Å². The molecule has 6 nitrogen and oxygen atoms in total. The maximum absolute atomic E-state index is 12.4. The molecule has 0 fully saturated rings. The average Bonchev–Trinajstić information content (AvgIpc) is 3.06. The first-order chi connectivity index (χ1) is 12.2. The normalized spacial score (nSPS) is 15.2. The number of likely N-dealkylation sites (N-methyl/N-ethyl adjacent to an activating group) is 1. The Balaban J connectivity index is 1.61. The summed E-state index contributed by atoms with van der Waals surface area (Å²) in [5.41, 5.74) is 2.11. The van der Waals surface area contributed by atoms with Crippen molar-refractivity contribution in [3.8, 4) is 5.75 Å². The number of fused-ring (bicyclic) bond motifs is 1. The molecular weight excluding hydrogens is 318 g/mol. The highest BCUT2D eigenvalue weighted by Gasteiger charge is 2.28. The number of amides is 2. The number of anilines is 1.